The van der Waals surface area contributed by atoms with Gasteiger partial charge in [0.1, 0.15) is 11.6 Å². The molecule has 1 aromatic heterocycles. The maximum absolute atomic E-state index is 13.9. The Balaban J connectivity index is 1.59. The second kappa shape index (κ2) is 9.70. The van der Waals surface area contributed by atoms with Gasteiger partial charge in [-0.05, 0) is 60.7 Å². The van der Waals surface area contributed by atoms with E-state index >= 15 is 0 Å². The van der Waals surface area contributed by atoms with E-state index in [4.69, 9.17) is 4.98 Å². The summed E-state index contributed by atoms with van der Waals surface area (Å²) in [5.41, 5.74) is 1.47. The van der Waals surface area contributed by atoms with Crippen LogP contribution in [0.1, 0.15) is 24.8 Å². The lowest BCUT2D eigenvalue weighted by Gasteiger charge is -2.26. The first-order chi connectivity index (χ1) is 17.6. The minimum Gasteiger partial charge on any atom is -0.355 e. The summed E-state index contributed by atoms with van der Waals surface area (Å²) >= 11 is 0. The van der Waals surface area contributed by atoms with Crippen LogP contribution in [0.2, 0.25) is 0 Å². The summed E-state index contributed by atoms with van der Waals surface area (Å²) in [6.07, 6.45) is 1.60. The molecular weight excluding hydrogens is 499 g/mol. The van der Waals surface area contributed by atoms with Crippen LogP contribution in [0.15, 0.2) is 83.9 Å². The molecule has 9 heteroatoms. The molecule has 5 rings (SSSR count). The Hall–Kier alpha value is -3.59. The summed E-state index contributed by atoms with van der Waals surface area (Å²) in [6.45, 7) is 1.62. The fourth-order valence-corrected chi connectivity index (χ4v) is 5.34. The predicted octanol–water partition coefficient (Wildman–Crippen LogP) is 6.62. The molecule has 1 aliphatic heterocycles. The predicted molar refractivity (Wildman–Crippen MR) is 139 cm³/mol. The van der Waals surface area contributed by atoms with Crippen LogP contribution in [0, 0.1) is 0 Å². The summed E-state index contributed by atoms with van der Waals surface area (Å²) in [6, 6.07) is 19.4. The highest BCUT2D eigenvalue weighted by Crippen LogP contribution is 2.38. The molecule has 0 amide bonds. The zero-order valence-corrected chi connectivity index (χ0v) is 21.1. The Morgan fingerprint density at radius 1 is 0.838 bits per heavy atom. The van der Waals surface area contributed by atoms with Gasteiger partial charge in [0.05, 0.1) is 16.7 Å². The Morgan fingerprint density at radius 2 is 1.54 bits per heavy atom. The van der Waals surface area contributed by atoms with Gasteiger partial charge >= 0.3 is 6.18 Å². The topological polar surface area (TPSA) is 55.2 Å². The molecule has 0 unspecified atom stereocenters. The Kier molecular flexibility index (Phi) is 6.58. The van der Waals surface area contributed by atoms with Crippen LogP contribution in [0.25, 0.3) is 28.2 Å². The minimum atomic E-state index is -4.52. The summed E-state index contributed by atoms with van der Waals surface area (Å²) in [7, 11) is -3.35. The number of benzene rings is 3. The molecule has 1 saturated heterocycles. The third-order valence-electron chi connectivity index (χ3n) is 6.59. The maximum atomic E-state index is 13.9. The van der Waals surface area contributed by atoms with Gasteiger partial charge in [-0.3, -0.25) is 4.57 Å². The Morgan fingerprint density at radius 3 is 2.22 bits per heavy atom. The van der Waals surface area contributed by atoms with Crippen molar-refractivity contribution in [2.24, 2.45) is 0 Å². The molecule has 1 fully saturated rings. The van der Waals surface area contributed by atoms with Gasteiger partial charge in [-0.25, -0.2) is 13.4 Å². The first kappa shape index (κ1) is 25.1. The van der Waals surface area contributed by atoms with Crippen molar-refractivity contribution < 1.29 is 21.6 Å². The summed E-state index contributed by atoms with van der Waals surface area (Å²) in [5, 5.41) is 0. The van der Waals surface area contributed by atoms with E-state index in [-0.39, 0.29) is 16.3 Å². The van der Waals surface area contributed by atoms with E-state index in [2.05, 4.69) is 4.90 Å². The third-order valence-corrected chi connectivity index (χ3v) is 7.70. The van der Waals surface area contributed by atoms with Crippen molar-refractivity contribution in [3.05, 3.63) is 84.6 Å². The number of sulfone groups is 1. The van der Waals surface area contributed by atoms with Crippen molar-refractivity contribution in [1.82, 2.24) is 9.55 Å². The molecule has 0 spiro atoms. The molecule has 2 heterocycles. The van der Waals surface area contributed by atoms with Crippen LogP contribution in [-0.2, 0) is 16.0 Å². The number of anilines is 1. The molecule has 0 aliphatic carbocycles. The van der Waals surface area contributed by atoms with Gasteiger partial charge in [-0.1, -0.05) is 42.5 Å². The molecule has 4 aromatic rings. The Bertz CT molecular complexity index is 1520. The van der Waals surface area contributed by atoms with Crippen molar-refractivity contribution in [2.45, 2.75) is 30.3 Å². The van der Waals surface area contributed by atoms with E-state index in [9.17, 15) is 21.6 Å². The van der Waals surface area contributed by atoms with Gasteiger partial charge in [0.15, 0.2) is 9.84 Å². The highest BCUT2D eigenvalue weighted by atomic mass is 32.2. The van der Waals surface area contributed by atoms with E-state index in [1.54, 1.807) is 35.0 Å². The van der Waals surface area contributed by atoms with E-state index in [0.29, 0.717) is 11.5 Å². The van der Waals surface area contributed by atoms with Gasteiger partial charge in [-0.15, -0.1) is 0 Å². The summed E-state index contributed by atoms with van der Waals surface area (Å²) < 4.78 is 67.3. The zero-order chi connectivity index (χ0) is 26.2. The lowest BCUT2D eigenvalue weighted by Crippen LogP contribution is -2.29. The van der Waals surface area contributed by atoms with Crippen LogP contribution >= 0.6 is 0 Å². The zero-order valence-electron chi connectivity index (χ0n) is 20.2. The molecule has 1 aliphatic rings. The molecular formula is C28H26F3N3O2S. The lowest BCUT2D eigenvalue weighted by atomic mass is 10.0. The monoisotopic (exact) mass is 525 g/mol. The molecule has 0 saturated carbocycles. The van der Waals surface area contributed by atoms with Crippen molar-refractivity contribution in [3.8, 4) is 28.2 Å². The van der Waals surface area contributed by atoms with Crippen LogP contribution in [-0.4, -0.2) is 37.3 Å². The molecule has 37 heavy (non-hydrogen) atoms. The van der Waals surface area contributed by atoms with E-state index in [0.717, 1.165) is 55.8 Å². The number of rotatable bonds is 5. The van der Waals surface area contributed by atoms with Crippen molar-refractivity contribution in [3.63, 3.8) is 0 Å². The number of aromatic nitrogens is 2. The van der Waals surface area contributed by atoms with Crippen molar-refractivity contribution in [2.75, 3.05) is 24.2 Å². The second-order valence-corrected chi connectivity index (χ2v) is 11.2. The van der Waals surface area contributed by atoms with Crippen molar-refractivity contribution in [1.29, 1.82) is 0 Å². The highest BCUT2D eigenvalue weighted by molar-refractivity contribution is 7.90. The number of hydrogen-bond acceptors (Lipinski definition) is 4. The average Bonchev–Trinajstić information content (AvgIpc) is 3.34. The van der Waals surface area contributed by atoms with Crippen LogP contribution in [0.3, 0.4) is 0 Å². The van der Waals surface area contributed by atoms with Crippen LogP contribution in [0.5, 0.6) is 0 Å². The first-order valence-corrected chi connectivity index (χ1v) is 13.9. The van der Waals surface area contributed by atoms with E-state index in [1.807, 2.05) is 30.3 Å². The summed E-state index contributed by atoms with van der Waals surface area (Å²) in [4.78, 5) is 7.03. The molecule has 0 N–H and O–H groups in total. The molecule has 3 aromatic carbocycles. The number of nitrogens with zero attached hydrogens (tertiary/aromatic N) is 3. The minimum absolute atomic E-state index is 0.0168. The van der Waals surface area contributed by atoms with Gasteiger partial charge in [-0.2, -0.15) is 13.2 Å². The van der Waals surface area contributed by atoms with Gasteiger partial charge < -0.3 is 4.90 Å². The number of piperidine rings is 1. The molecule has 0 atom stereocenters. The van der Waals surface area contributed by atoms with Crippen molar-refractivity contribution >= 4 is 15.7 Å². The second-order valence-electron chi connectivity index (χ2n) is 9.23. The van der Waals surface area contributed by atoms with Crippen LogP contribution < -0.4 is 4.90 Å². The van der Waals surface area contributed by atoms with Gasteiger partial charge in [0, 0.05) is 30.6 Å². The fraction of sp³-hybridized carbons (Fsp3) is 0.250. The standard InChI is InChI=1S/C28H26F3N3O2S/c1-37(35,36)23-9-7-8-21(18-23)20-12-14-22(15-13-20)34-19-26(33-16-5-2-6-17-33)32-27(34)24-10-3-4-11-25(24)28(29,30)31/h3-4,7-15,18-19H,2,5-6,16-17H2,1H3. The molecule has 192 valence electrons. The smallest absolute Gasteiger partial charge is 0.355 e. The normalized spacial score (nSPS) is 14.6. The molecule has 5 nitrogen and oxygen atoms in total. The highest BCUT2D eigenvalue weighted by Gasteiger charge is 2.35. The average molecular weight is 526 g/mol. The maximum Gasteiger partial charge on any atom is 0.417 e. The molecule has 0 radical (unpaired) electrons. The van der Waals surface area contributed by atoms with Crippen LogP contribution in [0.4, 0.5) is 19.0 Å². The first-order valence-electron chi connectivity index (χ1n) is 12.0. The summed E-state index contributed by atoms with van der Waals surface area (Å²) in [5.74, 6) is 0.872. The third kappa shape index (κ3) is 5.27. The Labute approximate surface area is 214 Å². The largest absolute Gasteiger partial charge is 0.417 e. The molecule has 0 bridgehead atoms. The number of imidazole rings is 1. The lowest BCUT2D eigenvalue weighted by molar-refractivity contribution is -0.137. The fourth-order valence-electron chi connectivity index (χ4n) is 4.68. The van der Waals surface area contributed by atoms with E-state index < -0.39 is 21.6 Å². The number of halogens is 3. The SMILES string of the molecule is CS(=O)(=O)c1cccc(-c2ccc(-n3cc(N4CCCCC4)nc3-c3ccccc3C(F)(F)F)cc2)c1. The number of hydrogen-bond donors (Lipinski definition) is 0. The van der Waals surface area contributed by atoms with Gasteiger partial charge in [0.25, 0.3) is 0 Å². The quantitative estimate of drug-likeness (QED) is 0.294. The van der Waals surface area contributed by atoms with Gasteiger partial charge in [0.2, 0.25) is 0 Å². The van der Waals surface area contributed by atoms with E-state index in [1.165, 1.54) is 12.1 Å². The number of alkyl halides is 3.